The summed E-state index contributed by atoms with van der Waals surface area (Å²) >= 11 is 0. The zero-order valence-electron chi connectivity index (χ0n) is 18.4. The molecule has 1 aliphatic heterocycles. The van der Waals surface area contributed by atoms with Crippen molar-refractivity contribution < 1.29 is 14.4 Å². The van der Waals surface area contributed by atoms with Gasteiger partial charge >= 0.3 is 0 Å². The molecule has 0 spiro atoms. The van der Waals surface area contributed by atoms with Crippen molar-refractivity contribution in [2.45, 2.75) is 25.8 Å². The zero-order valence-corrected chi connectivity index (χ0v) is 18.4. The molecule has 3 aromatic carbocycles. The lowest BCUT2D eigenvalue weighted by Crippen LogP contribution is -2.52. The summed E-state index contributed by atoms with van der Waals surface area (Å²) in [4.78, 5) is 42.3. The van der Waals surface area contributed by atoms with Crippen LogP contribution in [0.1, 0.15) is 29.3 Å². The second-order valence-electron chi connectivity index (χ2n) is 7.93. The highest BCUT2D eigenvalue weighted by atomic mass is 16.2. The lowest BCUT2D eigenvalue weighted by molar-refractivity contribution is -0.139. The number of anilines is 1. The first-order valence-corrected chi connectivity index (χ1v) is 10.9. The molecule has 1 unspecified atom stereocenters. The SMILES string of the molecule is CCC(C(=O)NC)N(CCc1ccccc1)C(=O)CN1C(=O)c2cccc3cccc1c23. The first-order chi connectivity index (χ1) is 15.5. The topological polar surface area (TPSA) is 69.7 Å². The minimum absolute atomic E-state index is 0.102. The molecule has 0 saturated heterocycles. The number of rotatable bonds is 8. The third-order valence-electron chi connectivity index (χ3n) is 6.06. The summed E-state index contributed by atoms with van der Waals surface area (Å²) < 4.78 is 0. The summed E-state index contributed by atoms with van der Waals surface area (Å²) in [5.41, 5.74) is 2.44. The van der Waals surface area contributed by atoms with Crippen molar-refractivity contribution in [2.75, 3.05) is 25.0 Å². The normalized spacial score (nSPS) is 13.3. The van der Waals surface area contributed by atoms with Crippen LogP contribution in [0.2, 0.25) is 0 Å². The fraction of sp³-hybridized carbons (Fsp3) is 0.269. The van der Waals surface area contributed by atoms with Crippen LogP contribution in [0.3, 0.4) is 0 Å². The monoisotopic (exact) mass is 429 g/mol. The number of carbonyl (C=O) groups is 3. The number of benzene rings is 3. The van der Waals surface area contributed by atoms with Crippen LogP contribution >= 0.6 is 0 Å². The van der Waals surface area contributed by atoms with Crippen molar-refractivity contribution in [3.63, 3.8) is 0 Å². The first-order valence-electron chi connectivity index (χ1n) is 10.9. The fourth-order valence-electron chi connectivity index (χ4n) is 4.42. The first kappa shape index (κ1) is 21.6. The summed E-state index contributed by atoms with van der Waals surface area (Å²) in [7, 11) is 1.58. The van der Waals surface area contributed by atoms with E-state index in [1.54, 1.807) is 18.0 Å². The van der Waals surface area contributed by atoms with Crippen LogP contribution in [0.4, 0.5) is 5.69 Å². The Kier molecular flexibility index (Phi) is 6.21. The van der Waals surface area contributed by atoms with Gasteiger partial charge in [0.2, 0.25) is 11.8 Å². The van der Waals surface area contributed by atoms with Crippen molar-refractivity contribution in [1.29, 1.82) is 0 Å². The molecule has 0 saturated carbocycles. The van der Waals surface area contributed by atoms with Gasteiger partial charge in [-0.1, -0.05) is 61.5 Å². The van der Waals surface area contributed by atoms with E-state index < -0.39 is 6.04 Å². The van der Waals surface area contributed by atoms with E-state index in [1.165, 1.54) is 4.90 Å². The van der Waals surface area contributed by atoms with E-state index in [2.05, 4.69) is 5.32 Å². The number of amides is 3. The average molecular weight is 430 g/mol. The molecule has 0 bridgehead atoms. The Morgan fingerprint density at radius 3 is 2.41 bits per heavy atom. The summed E-state index contributed by atoms with van der Waals surface area (Å²) in [6.07, 6.45) is 1.12. The van der Waals surface area contributed by atoms with Crippen LogP contribution < -0.4 is 10.2 Å². The Morgan fingerprint density at radius 2 is 1.72 bits per heavy atom. The van der Waals surface area contributed by atoms with Gasteiger partial charge in [0.05, 0.1) is 5.69 Å². The number of carbonyl (C=O) groups excluding carboxylic acids is 3. The summed E-state index contributed by atoms with van der Waals surface area (Å²) in [5, 5.41) is 4.52. The number of hydrogen-bond acceptors (Lipinski definition) is 3. The van der Waals surface area contributed by atoms with E-state index >= 15 is 0 Å². The Labute approximate surface area is 187 Å². The summed E-state index contributed by atoms with van der Waals surface area (Å²) in [6.45, 7) is 2.18. The number of nitrogens with one attached hydrogen (secondary N) is 1. The predicted molar refractivity (Wildman–Crippen MR) is 126 cm³/mol. The molecule has 0 aliphatic carbocycles. The molecule has 1 heterocycles. The van der Waals surface area contributed by atoms with Crippen LogP contribution in [0, 0.1) is 0 Å². The maximum atomic E-state index is 13.5. The molecule has 6 nitrogen and oxygen atoms in total. The van der Waals surface area contributed by atoms with Gasteiger partial charge in [0.1, 0.15) is 12.6 Å². The Balaban J connectivity index is 1.60. The van der Waals surface area contributed by atoms with Gasteiger partial charge in [0.15, 0.2) is 0 Å². The van der Waals surface area contributed by atoms with Gasteiger partial charge < -0.3 is 10.2 Å². The van der Waals surface area contributed by atoms with Gasteiger partial charge in [0.25, 0.3) is 5.91 Å². The summed E-state index contributed by atoms with van der Waals surface area (Å²) in [6, 6.07) is 20.6. The molecule has 0 radical (unpaired) electrons. The predicted octanol–water partition coefficient (Wildman–Crippen LogP) is 3.40. The smallest absolute Gasteiger partial charge is 0.259 e. The van der Waals surface area contributed by atoms with Crippen LogP contribution in [0.5, 0.6) is 0 Å². The quantitative estimate of drug-likeness (QED) is 0.597. The molecular formula is C26H27N3O3. The minimum atomic E-state index is -0.591. The van der Waals surface area contributed by atoms with Gasteiger partial charge in [-0.05, 0) is 35.9 Å². The van der Waals surface area contributed by atoms with Crippen LogP contribution in [0.15, 0.2) is 66.7 Å². The van der Waals surface area contributed by atoms with Crippen LogP contribution in [-0.4, -0.2) is 48.8 Å². The van der Waals surface area contributed by atoms with Gasteiger partial charge in [0, 0.05) is 24.5 Å². The molecule has 1 N–H and O–H groups in total. The lowest BCUT2D eigenvalue weighted by Gasteiger charge is -2.31. The average Bonchev–Trinajstić information content (AvgIpc) is 3.10. The largest absolute Gasteiger partial charge is 0.357 e. The standard InChI is InChI=1S/C26H27N3O3/c1-3-21(25(31)27-2)28(16-15-18-9-5-4-6-10-18)23(30)17-29-22-14-8-12-19-11-7-13-20(24(19)22)26(29)32/h4-14,21H,3,15-17H2,1-2H3,(H,27,31). The van der Waals surface area contributed by atoms with E-state index in [0.717, 1.165) is 22.0 Å². The van der Waals surface area contributed by atoms with Gasteiger partial charge in [-0.15, -0.1) is 0 Å². The molecule has 3 amide bonds. The third-order valence-corrected chi connectivity index (χ3v) is 6.06. The minimum Gasteiger partial charge on any atom is -0.357 e. The summed E-state index contributed by atoms with van der Waals surface area (Å²) in [5.74, 6) is -0.622. The van der Waals surface area contributed by atoms with Gasteiger partial charge in [-0.2, -0.15) is 0 Å². The molecule has 1 aliphatic rings. The third kappa shape index (κ3) is 3.96. The maximum Gasteiger partial charge on any atom is 0.259 e. The Bertz CT molecular complexity index is 1150. The van der Waals surface area contributed by atoms with E-state index in [-0.39, 0.29) is 24.3 Å². The number of likely N-dealkylation sites (N-methyl/N-ethyl adjacent to an activating group) is 1. The number of nitrogens with zero attached hydrogens (tertiary/aromatic N) is 2. The highest BCUT2D eigenvalue weighted by Crippen LogP contribution is 2.37. The molecule has 0 fully saturated rings. The highest BCUT2D eigenvalue weighted by Gasteiger charge is 2.34. The molecule has 0 aromatic heterocycles. The second-order valence-corrected chi connectivity index (χ2v) is 7.93. The molecule has 4 rings (SSSR count). The molecule has 32 heavy (non-hydrogen) atoms. The molecule has 6 heteroatoms. The molecule has 1 atom stereocenters. The van der Waals surface area contributed by atoms with Crippen molar-refractivity contribution in [3.05, 3.63) is 77.9 Å². The van der Waals surface area contributed by atoms with E-state index in [1.807, 2.05) is 67.6 Å². The van der Waals surface area contributed by atoms with Crippen molar-refractivity contribution in [2.24, 2.45) is 0 Å². The van der Waals surface area contributed by atoms with Crippen LogP contribution in [0.25, 0.3) is 10.8 Å². The van der Waals surface area contributed by atoms with Crippen molar-refractivity contribution >= 4 is 34.2 Å². The zero-order chi connectivity index (χ0) is 22.7. The molecular weight excluding hydrogens is 402 g/mol. The highest BCUT2D eigenvalue weighted by molar-refractivity contribution is 6.26. The molecule has 164 valence electrons. The lowest BCUT2D eigenvalue weighted by atomic mass is 10.1. The van der Waals surface area contributed by atoms with Crippen molar-refractivity contribution in [1.82, 2.24) is 10.2 Å². The fourth-order valence-corrected chi connectivity index (χ4v) is 4.42. The van der Waals surface area contributed by atoms with Gasteiger partial charge in [-0.25, -0.2) is 0 Å². The number of hydrogen-bond donors (Lipinski definition) is 1. The molecule has 3 aromatic rings. The van der Waals surface area contributed by atoms with Crippen LogP contribution in [-0.2, 0) is 16.0 Å². The Hall–Kier alpha value is -3.67. The van der Waals surface area contributed by atoms with E-state index in [0.29, 0.717) is 24.9 Å². The maximum absolute atomic E-state index is 13.5. The van der Waals surface area contributed by atoms with Crippen molar-refractivity contribution in [3.8, 4) is 0 Å². The van der Waals surface area contributed by atoms with Gasteiger partial charge in [-0.3, -0.25) is 19.3 Å². The van der Waals surface area contributed by atoms with E-state index in [9.17, 15) is 14.4 Å². The second kappa shape index (κ2) is 9.22. The Morgan fingerprint density at radius 1 is 1.00 bits per heavy atom. The van der Waals surface area contributed by atoms with E-state index in [4.69, 9.17) is 0 Å².